The van der Waals surface area contributed by atoms with Crippen LogP contribution in [0.4, 0.5) is 0 Å². The van der Waals surface area contributed by atoms with Gasteiger partial charge in [-0.25, -0.2) is 4.79 Å². The Morgan fingerprint density at radius 3 is 2.00 bits per heavy atom. The van der Waals surface area contributed by atoms with Crippen molar-refractivity contribution in [3.63, 3.8) is 0 Å². The van der Waals surface area contributed by atoms with Gasteiger partial charge in [0.2, 0.25) is 0 Å². The van der Waals surface area contributed by atoms with Crippen molar-refractivity contribution >= 4 is 16.8 Å². The number of fused-ring (bicyclic) bond motifs is 1. The van der Waals surface area contributed by atoms with Crippen molar-refractivity contribution in [3.8, 4) is 11.5 Å². The van der Waals surface area contributed by atoms with E-state index in [-0.39, 0.29) is 25.0 Å². The molecule has 0 spiro atoms. The minimum absolute atomic E-state index is 0.0586. The number of hydrogen-bond donors (Lipinski definition) is 1. The second-order valence-electron chi connectivity index (χ2n) is 9.45. The van der Waals surface area contributed by atoms with E-state index >= 15 is 0 Å². The van der Waals surface area contributed by atoms with Crippen LogP contribution >= 0.6 is 0 Å². The number of carbonyl (C=O) groups is 1. The summed E-state index contributed by atoms with van der Waals surface area (Å²) in [5.74, 6) is 0.677. The van der Waals surface area contributed by atoms with Gasteiger partial charge in [-0.1, -0.05) is 48.9 Å². The maximum atomic E-state index is 13.8. The van der Waals surface area contributed by atoms with Crippen LogP contribution in [0.1, 0.15) is 47.3 Å². The van der Waals surface area contributed by atoms with Gasteiger partial charge >= 0.3 is 5.69 Å². The van der Waals surface area contributed by atoms with Crippen LogP contribution in [-0.4, -0.2) is 35.3 Å². The fourth-order valence-corrected chi connectivity index (χ4v) is 4.27. The van der Waals surface area contributed by atoms with Crippen LogP contribution in [0.5, 0.6) is 11.5 Å². The number of rotatable bonds is 9. The number of methoxy groups -OCH3 is 2. The van der Waals surface area contributed by atoms with E-state index in [1.165, 1.54) is 18.8 Å². The molecule has 198 valence electrons. The third-order valence-corrected chi connectivity index (χ3v) is 6.74. The van der Waals surface area contributed by atoms with Gasteiger partial charge in [0.15, 0.2) is 11.5 Å². The Labute approximate surface area is 221 Å². The standard InChI is InChI=1S/C30H33N3O5/c1-6-20(3)31-28(34)23-13-11-22(12-14-23)18-33-29(35)24-15-26(37-4)27(38-5)16-25(24)32(30(33)36)17-21-9-7-19(2)8-10-21/h7-16,20H,6,17-18H2,1-5H3,(H,31,34)/t20-/m1/s1. The van der Waals surface area contributed by atoms with E-state index in [1.54, 1.807) is 41.0 Å². The number of ether oxygens (including phenoxy) is 2. The summed E-state index contributed by atoms with van der Waals surface area (Å²) < 4.78 is 13.7. The quantitative estimate of drug-likeness (QED) is 0.362. The van der Waals surface area contributed by atoms with Crippen molar-refractivity contribution in [2.24, 2.45) is 0 Å². The highest BCUT2D eigenvalue weighted by Gasteiger charge is 2.18. The van der Waals surface area contributed by atoms with Crippen LogP contribution in [0.3, 0.4) is 0 Å². The van der Waals surface area contributed by atoms with Gasteiger partial charge in [0, 0.05) is 17.7 Å². The van der Waals surface area contributed by atoms with Gasteiger partial charge in [0.25, 0.3) is 11.5 Å². The molecule has 3 aromatic carbocycles. The molecule has 0 saturated carbocycles. The molecule has 38 heavy (non-hydrogen) atoms. The normalized spacial score (nSPS) is 11.8. The smallest absolute Gasteiger partial charge is 0.332 e. The lowest BCUT2D eigenvalue weighted by Crippen LogP contribution is -2.40. The van der Waals surface area contributed by atoms with Gasteiger partial charge in [-0.05, 0) is 49.6 Å². The lowest BCUT2D eigenvalue weighted by Gasteiger charge is -2.17. The zero-order valence-corrected chi connectivity index (χ0v) is 22.4. The molecule has 1 heterocycles. The SMILES string of the molecule is CC[C@@H](C)NC(=O)c1ccc(Cn2c(=O)c3cc(OC)c(OC)cc3n(Cc3ccc(C)cc3)c2=O)cc1. The van der Waals surface area contributed by atoms with Gasteiger partial charge in [0.05, 0.1) is 38.2 Å². The lowest BCUT2D eigenvalue weighted by atomic mass is 10.1. The molecule has 0 radical (unpaired) electrons. The zero-order chi connectivity index (χ0) is 27.4. The van der Waals surface area contributed by atoms with Gasteiger partial charge in [-0.15, -0.1) is 0 Å². The summed E-state index contributed by atoms with van der Waals surface area (Å²) >= 11 is 0. The molecule has 8 heteroatoms. The van der Waals surface area contributed by atoms with Crippen molar-refractivity contribution in [2.75, 3.05) is 14.2 Å². The van der Waals surface area contributed by atoms with Crippen LogP contribution in [0.15, 0.2) is 70.3 Å². The fourth-order valence-electron chi connectivity index (χ4n) is 4.27. The summed E-state index contributed by atoms with van der Waals surface area (Å²) in [5, 5.41) is 3.28. The van der Waals surface area contributed by atoms with E-state index in [0.717, 1.165) is 23.1 Å². The van der Waals surface area contributed by atoms with E-state index in [4.69, 9.17) is 9.47 Å². The molecule has 4 rings (SSSR count). The van der Waals surface area contributed by atoms with E-state index in [2.05, 4.69) is 5.32 Å². The first-order valence-corrected chi connectivity index (χ1v) is 12.6. The zero-order valence-electron chi connectivity index (χ0n) is 22.4. The van der Waals surface area contributed by atoms with Crippen LogP contribution in [0, 0.1) is 6.92 Å². The monoisotopic (exact) mass is 515 g/mol. The number of nitrogens with zero attached hydrogens (tertiary/aromatic N) is 2. The number of carbonyl (C=O) groups excluding carboxylic acids is 1. The highest BCUT2D eigenvalue weighted by atomic mass is 16.5. The maximum absolute atomic E-state index is 13.8. The Morgan fingerprint density at radius 1 is 0.868 bits per heavy atom. The average molecular weight is 516 g/mol. The van der Waals surface area contributed by atoms with E-state index < -0.39 is 11.2 Å². The number of amides is 1. The fraction of sp³-hybridized carbons (Fsp3) is 0.300. The Kier molecular flexibility index (Phi) is 8.00. The van der Waals surface area contributed by atoms with Crippen LogP contribution in [-0.2, 0) is 13.1 Å². The van der Waals surface area contributed by atoms with Crippen LogP contribution < -0.4 is 26.0 Å². The molecular formula is C30H33N3O5. The Morgan fingerprint density at radius 2 is 1.42 bits per heavy atom. The highest BCUT2D eigenvalue weighted by Crippen LogP contribution is 2.30. The molecule has 0 aliphatic carbocycles. The summed E-state index contributed by atoms with van der Waals surface area (Å²) in [6.07, 6.45) is 0.834. The van der Waals surface area contributed by atoms with Crippen LogP contribution in [0.25, 0.3) is 10.9 Å². The second kappa shape index (κ2) is 11.4. The van der Waals surface area contributed by atoms with Crippen molar-refractivity contribution in [3.05, 3.63) is 104 Å². The van der Waals surface area contributed by atoms with E-state index in [1.807, 2.05) is 45.0 Å². The third-order valence-electron chi connectivity index (χ3n) is 6.74. The lowest BCUT2D eigenvalue weighted by molar-refractivity contribution is 0.0939. The number of benzene rings is 3. The van der Waals surface area contributed by atoms with Crippen molar-refractivity contribution in [2.45, 2.75) is 46.3 Å². The molecule has 1 atom stereocenters. The molecular weight excluding hydrogens is 482 g/mol. The molecule has 1 aromatic heterocycles. The summed E-state index contributed by atoms with van der Waals surface area (Å²) in [6, 6.07) is 18.2. The minimum Gasteiger partial charge on any atom is -0.493 e. The van der Waals surface area contributed by atoms with Crippen molar-refractivity contribution in [1.82, 2.24) is 14.5 Å². The predicted octanol–water partition coefficient (Wildman–Crippen LogP) is 4.11. The Hall–Kier alpha value is -4.33. The van der Waals surface area contributed by atoms with E-state index in [0.29, 0.717) is 28.0 Å². The predicted molar refractivity (Wildman–Crippen MR) is 149 cm³/mol. The average Bonchev–Trinajstić information content (AvgIpc) is 2.93. The number of aromatic nitrogens is 2. The van der Waals surface area contributed by atoms with E-state index in [9.17, 15) is 14.4 Å². The number of hydrogen-bond acceptors (Lipinski definition) is 5. The first kappa shape index (κ1) is 26.7. The molecule has 8 nitrogen and oxygen atoms in total. The summed E-state index contributed by atoms with van der Waals surface area (Å²) in [5.41, 5.74) is 2.89. The molecule has 1 N–H and O–H groups in total. The van der Waals surface area contributed by atoms with Crippen molar-refractivity contribution in [1.29, 1.82) is 0 Å². The summed E-state index contributed by atoms with van der Waals surface area (Å²) in [7, 11) is 3.02. The topological polar surface area (TPSA) is 91.6 Å². The second-order valence-corrected chi connectivity index (χ2v) is 9.45. The van der Waals surface area contributed by atoms with Gasteiger partial charge in [0.1, 0.15) is 0 Å². The molecule has 0 bridgehead atoms. The summed E-state index contributed by atoms with van der Waals surface area (Å²) in [4.78, 5) is 39.8. The molecule has 0 unspecified atom stereocenters. The molecule has 0 aliphatic rings. The highest BCUT2D eigenvalue weighted by molar-refractivity contribution is 5.94. The van der Waals surface area contributed by atoms with Gasteiger partial charge in [-0.2, -0.15) is 0 Å². The van der Waals surface area contributed by atoms with Crippen molar-refractivity contribution < 1.29 is 14.3 Å². The van der Waals surface area contributed by atoms with Crippen LogP contribution in [0.2, 0.25) is 0 Å². The maximum Gasteiger partial charge on any atom is 0.332 e. The number of nitrogens with one attached hydrogen (secondary N) is 1. The Balaban J connectivity index is 1.80. The van der Waals surface area contributed by atoms with Gasteiger partial charge in [-0.3, -0.25) is 18.7 Å². The molecule has 1 amide bonds. The largest absolute Gasteiger partial charge is 0.493 e. The molecule has 0 saturated heterocycles. The van der Waals surface area contributed by atoms with Gasteiger partial charge < -0.3 is 14.8 Å². The third kappa shape index (κ3) is 5.49. The number of aryl methyl sites for hydroxylation is 1. The minimum atomic E-state index is -0.436. The molecule has 0 aliphatic heterocycles. The summed E-state index contributed by atoms with van der Waals surface area (Å²) in [6.45, 7) is 6.29. The molecule has 0 fully saturated rings. The molecule has 4 aromatic rings. The first-order valence-electron chi connectivity index (χ1n) is 12.6. The Bertz CT molecular complexity index is 1570. The first-order chi connectivity index (χ1) is 18.2.